The summed E-state index contributed by atoms with van der Waals surface area (Å²) in [4.78, 5) is 7.42. The van der Waals surface area contributed by atoms with Gasteiger partial charge in [-0.25, -0.2) is 27.2 Å². The van der Waals surface area contributed by atoms with E-state index in [-0.39, 0.29) is 10.8 Å². The van der Waals surface area contributed by atoms with Gasteiger partial charge in [0.05, 0.1) is 18.4 Å². The van der Waals surface area contributed by atoms with Gasteiger partial charge in [0, 0.05) is 29.7 Å². The molecule has 5 rings (SSSR count). The number of halogens is 3. The second-order valence-corrected chi connectivity index (χ2v) is 10.7. The van der Waals surface area contributed by atoms with E-state index in [0.29, 0.717) is 35.4 Å². The summed E-state index contributed by atoms with van der Waals surface area (Å²) in [6.07, 6.45) is 2.86. The van der Waals surface area contributed by atoms with Gasteiger partial charge in [0.1, 0.15) is 39.4 Å². The second-order valence-electron chi connectivity index (χ2n) is 7.44. The predicted octanol–water partition coefficient (Wildman–Crippen LogP) is 4.20. The number of nitrogens with one attached hydrogen (secondary N) is 1. The van der Waals surface area contributed by atoms with Crippen LogP contribution in [0.5, 0.6) is 11.5 Å². The monoisotopic (exact) mass is 523 g/mol. The van der Waals surface area contributed by atoms with Crippen LogP contribution in [0.15, 0.2) is 47.8 Å². The van der Waals surface area contributed by atoms with Crippen LogP contribution in [-0.2, 0) is 28.7 Å². The van der Waals surface area contributed by atoms with E-state index in [9.17, 15) is 17.2 Å². The number of nitrogens with zero attached hydrogens (tertiary/aromatic N) is 4. The van der Waals surface area contributed by atoms with E-state index in [2.05, 4.69) is 19.7 Å². The Bertz CT molecular complexity index is 1480. The first-order valence-electron chi connectivity index (χ1n) is 10.0. The zero-order chi connectivity index (χ0) is 23.9. The van der Waals surface area contributed by atoms with Gasteiger partial charge >= 0.3 is 0 Å². The highest BCUT2D eigenvalue weighted by Gasteiger charge is 2.25. The molecule has 0 amide bonds. The molecule has 34 heavy (non-hydrogen) atoms. The minimum atomic E-state index is -4.18. The fourth-order valence-corrected chi connectivity index (χ4v) is 6.00. The normalized spacial score (nSPS) is 13.6. The van der Waals surface area contributed by atoms with Crippen LogP contribution in [0.25, 0.3) is 11.3 Å². The lowest BCUT2D eigenvalue weighted by molar-refractivity contribution is 0.432. The van der Waals surface area contributed by atoms with Crippen molar-refractivity contribution in [2.24, 2.45) is 0 Å². The molecule has 0 aliphatic carbocycles. The highest BCUT2D eigenvalue weighted by Crippen LogP contribution is 2.38. The van der Waals surface area contributed by atoms with Crippen LogP contribution < -0.4 is 10.1 Å². The Morgan fingerprint density at radius 3 is 2.79 bits per heavy atom. The molecule has 1 aliphatic heterocycles. The summed E-state index contributed by atoms with van der Waals surface area (Å²) < 4.78 is 66.3. The lowest BCUT2D eigenvalue weighted by Gasteiger charge is -2.19. The van der Waals surface area contributed by atoms with E-state index >= 15 is 0 Å². The van der Waals surface area contributed by atoms with Crippen molar-refractivity contribution in [2.45, 2.75) is 23.7 Å². The van der Waals surface area contributed by atoms with Gasteiger partial charge in [0.15, 0.2) is 21.4 Å². The summed E-state index contributed by atoms with van der Waals surface area (Å²) in [5.41, 5.74) is 1.26. The van der Waals surface area contributed by atoms with Crippen LogP contribution in [0.1, 0.15) is 10.8 Å². The van der Waals surface area contributed by atoms with E-state index in [4.69, 9.17) is 16.3 Å². The number of imidazole rings is 1. The largest absolute Gasteiger partial charge is 0.453 e. The van der Waals surface area contributed by atoms with E-state index in [1.54, 1.807) is 18.3 Å². The average Bonchev–Trinajstić information content (AvgIpc) is 3.46. The van der Waals surface area contributed by atoms with Gasteiger partial charge in [-0.2, -0.15) is 4.37 Å². The number of rotatable bonds is 6. The third-order valence-corrected chi connectivity index (χ3v) is 7.93. The molecule has 0 unspecified atom stereocenters. The molecule has 3 heterocycles. The topological polar surface area (TPSA) is 99.0 Å². The number of sulfone groups is 1. The number of fused-ring (bicyclic) bond motifs is 1. The molecule has 2 aromatic heterocycles. The van der Waals surface area contributed by atoms with Gasteiger partial charge in [0.2, 0.25) is 0 Å². The van der Waals surface area contributed by atoms with Gasteiger partial charge in [-0.15, -0.1) is 0 Å². The van der Waals surface area contributed by atoms with E-state index < -0.39 is 37.9 Å². The minimum absolute atomic E-state index is 0.172. The van der Waals surface area contributed by atoms with Crippen molar-refractivity contribution in [2.75, 3.05) is 6.54 Å². The first-order chi connectivity index (χ1) is 16.3. The summed E-state index contributed by atoms with van der Waals surface area (Å²) in [6.45, 7) is 2.02. The van der Waals surface area contributed by atoms with Crippen LogP contribution in [0.4, 0.5) is 8.78 Å². The Hall–Kier alpha value is -2.93. The van der Waals surface area contributed by atoms with Crippen molar-refractivity contribution in [3.8, 4) is 22.8 Å². The zero-order valence-corrected chi connectivity index (χ0v) is 19.7. The highest BCUT2D eigenvalue weighted by molar-refractivity contribution is 7.90. The van der Waals surface area contributed by atoms with Crippen molar-refractivity contribution in [3.63, 3.8) is 0 Å². The summed E-state index contributed by atoms with van der Waals surface area (Å²) >= 11 is 7.07. The molecule has 0 saturated carbocycles. The van der Waals surface area contributed by atoms with E-state index in [0.717, 1.165) is 30.0 Å². The first-order valence-corrected chi connectivity index (χ1v) is 12.8. The Balaban J connectivity index is 1.50. The molecule has 0 bridgehead atoms. The molecular formula is C21H16ClF2N5O3S2. The van der Waals surface area contributed by atoms with Crippen LogP contribution in [0, 0.1) is 11.6 Å². The Morgan fingerprint density at radius 1 is 1.15 bits per heavy atom. The number of benzene rings is 2. The Morgan fingerprint density at radius 2 is 2.00 bits per heavy atom. The molecule has 4 aromatic rings. The maximum absolute atomic E-state index is 14.9. The van der Waals surface area contributed by atoms with Crippen molar-refractivity contribution < 1.29 is 21.9 Å². The summed E-state index contributed by atoms with van der Waals surface area (Å²) in [5.74, 6) is -2.17. The maximum Gasteiger partial charge on any atom is 0.187 e. The number of aromatic nitrogens is 4. The average molecular weight is 524 g/mol. The van der Waals surface area contributed by atoms with Crippen LogP contribution in [0.3, 0.4) is 0 Å². The van der Waals surface area contributed by atoms with Gasteiger partial charge in [-0.1, -0.05) is 11.6 Å². The quantitative estimate of drug-likeness (QED) is 0.404. The fourth-order valence-electron chi connectivity index (χ4n) is 3.65. The molecule has 0 saturated heterocycles. The van der Waals surface area contributed by atoms with Gasteiger partial charge in [-0.3, -0.25) is 0 Å². The zero-order valence-electron chi connectivity index (χ0n) is 17.3. The molecule has 176 valence electrons. The smallest absolute Gasteiger partial charge is 0.187 e. The van der Waals surface area contributed by atoms with Crippen LogP contribution in [0.2, 0.25) is 5.02 Å². The summed E-state index contributed by atoms with van der Waals surface area (Å²) in [5, 5.41) is 3.83. The predicted molar refractivity (Wildman–Crippen MR) is 122 cm³/mol. The Labute approximate surface area is 202 Å². The van der Waals surface area contributed by atoms with E-state index in [1.807, 2.05) is 4.57 Å². The lowest BCUT2D eigenvalue weighted by Crippen LogP contribution is -2.28. The molecule has 8 nitrogen and oxygen atoms in total. The molecular weight excluding hydrogens is 508 g/mol. The Kier molecular flexibility index (Phi) is 6.06. The highest BCUT2D eigenvalue weighted by atomic mass is 35.5. The standard InChI is InChI=1S/C21H16ClF2N5O3S2/c22-12-1-2-17(13(5-12)16-8-26-20-9-25-3-4-29(16)20)32-18-6-15(24)19(7-14(18)23)34(30,31)10-21-27-11-28-33-21/h1-2,5-8,11,25H,3-4,9-10H2. The first kappa shape index (κ1) is 22.8. The third-order valence-electron chi connectivity index (χ3n) is 5.21. The van der Waals surface area contributed by atoms with Crippen molar-refractivity contribution in [1.29, 1.82) is 0 Å². The minimum Gasteiger partial charge on any atom is -0.453 e. The molecule has 1 aliphatic rings. The maximum atomic E-state index is 14.9. The second kappa shape index (κ2) is 9.02. The van der Waals surface area contributed by atoms with Gasteiger partial charge < -0.3 is 14.6 Å². The number of ether oxygens (including phenoxy) is 1. The summed E-state index contributed by atoms with van der Waals surface area (Å²) in [7, 11) is -4.18. The molecule has 0 spiro atoms. The molecule has 0 fully saturated rings. The molecule has 2 aromatic carbocycles. The van der Waals surface area contributed by atoms with E-state index in [1.165, 1.54) is 12.4 Å². The lowest BCUT2D eigenvalue weighted by atomic mass is 10.1. The molecule has 0 radical (unpaired) electrons. The fraction of sp³-hybridized carbons (Fsp3) is 0.190. The van der Waals surface area contributed by atoms with Crippen molar-refractivity contribution in [1.82, 2.24) is 24.2 Å². The van der Waals surface area contributed by atoms with Crippen LogP contribution >= 0.6 is 23.1 Å². The van der Waals surface area contributed by atoms with Crippen LogP contribution in [-0.4, -0.2) is 33.9 Å². The number of hydrogen-bond acceptors (Lipinski definition) is 8. The molecule has 0 atom stereocenters. The number of hydrogen-bond donors (Lipinski definition) is 1. The SMILES string of the molecule is O=S(=O)(Cc1ncns1)c1cc(F)c(Oc2ccc(Cl)cc2-c2cnc3n2CCNC3)cc1F. The summed E-state index contributed by atoms with van der Waals surface area (Å²) in [6, 6.07) is 6.08. The molecule has 1 N–H and O–H groups in total. The van der Waals surface area contributed by atoms with Crippen molar-refractivity contribution in [3.05, 3.63) is 70.3 Å². The van der Waals surface area contributed by atoms with Gasteiger partial charge in [0.25, 0.3) is 0 Å². The third kappa shape index (κ3) is 4.41. The van der Waals surface area contributed by atoms with Crippen molar-refractivity contribution >= 4 is 33.0 Å². The van der Waals surface area contributed by atoms with Gasteiger partial charge in [-0.05, 0) is 35.8 Å². The molecule has 13 heteroatoms.